The minimum Gasteiger partial charge on any atom is -0.375 e. The first-order valence-electron chi connectivity index (χ1n) is 6.51. The molecule has 0 radical (unpaired) electrons. The average molecular weight is 295 g/mol. The first kappa shape index (κ1) is 16.4. The molecule has 0 amide bonds. The van der Waals surface area contributed by atoms with Crippen LogP contribution in [0, 0.1) is 5.41 Å². The summed E-state index contributed by atoms with van der Waals surface area (Å²) < 4.78 is 0. The summed E-state index contributed by atoms with van der Waals surface area (Å²) in [4.78, 5) is 16.1. The number of ketones is 1. The first-order valence-corrected chi connectivity index (χ1v) is 10.5. The van der Waals surface area contributed by atoms with Gasteiger partial charge in [-0.15, -0.1) is 0 Å². The highest BCUT2D eigenvalue weighted by Gasteiger charge is 2.24. The van der Waals surface area contributed by atoms with Crippen molar-refractivity contribution >= 4 is 20.7 Å². The highest BCUT2D eigenvalue weighted by atomic mass is 32.3. The van der Waals surface area contributed by atoms with E-state index in [1.807, 2.05) is 6.08 Å². The highest BCUT2D eigenvalue weighted by molar-refractivity contribution is 8.50. The van der Waals surface area contributed by atoms with Gasteiger partial charge in [-0.2, -0.15) is 0 Å². The lowest BCUT2D eigenvalue weighted by Gasteiger charge is -2.49. The number of nitrogens with one attached hydrogen (secondary N) is 2. The van der Waals surface area contributed by atoms with Gasteiger partial charge in [0.1, 0.15) is 0 Å². The molecule has 0 spiro atoms. The quantitative estimate of drug-likeness (QED) is 0.429. The third kappa shape index (κ3) is 5.17. The van der Waals surface area contributed by atoms with Crippen molar-refractivity contribution in [3.63, 3.8) is 0 Å². The van der Waals surface area contributed by atoms with Gasteiger partial charge < -0.3 is 10.7 Å². The fourth-order valence-corrected chi connectivity index (χ4v) is 3.05. The maximum Gasteiger partial charge on any atom is 0.183 e. The summed E-state index contributed by atoms with van der Waals surface area (Å²) in [7, 11) is -2.05. The van der Waals surface area contributed by atoms with Crippen LogP contribution in [0.4, 0.5) is 0 Å². The number of carbonyl (C=O) groups excluding carboxylic acids is 1. The van der Waals surface area contributed by atoms with Gasteiger partial charge in [0.15, 0.2) is 5.78 Å². The Hall–Kier alpha value is -1.62. The summed E-state index contributed by atoms with van der Waals surface area (Å²) in [5, 5.41) is 11.9. The van der Waals surface area contributed by atoms with Crippen LogP contribution in [0.1, 0.15) is 17.3 Å². The van der Waals surface area contributed by atoms with Crippen molar-refractivity contribution in [1.82, 2.24) is 10.3 Å². The Balaban J connectivity index is 2.85. The number of Topliss-reactive ketones (excluding diaryl/α,β-unsaturated/α-hetero) is 1. The van der Waals surface area contributed by atoms with Gasteiger partial charge in [-0.1, -0.05) is 0 Å². The predicted octanol–water partition coefficient (Wildman–Crippen LogP) is 2.33. The van der Waals surface area contributed by atoms with Crippen LogP contribution in [0.25, 0.3) is 0 Å². The van der Waals surface area contributed by atoms with Crippen molar-refractivity contribution in [2.24, 2.45) is 0 Å². The van der Waals surface area contributed by atoms with Crippen LogP contribution in [-0.4, -0.2) is 48.0 Å². The van der Waals surface area contributed by atoms with Crippen LogP contribution < -0.4 is 5.32 Å². The standard InChI is InChI=1S/C15H25N3OS/c1-12(16)9-15(20(2,3,4)5)18-11-14(19)13-7-6-8-17-10-13/h6-10,16,18,20H,11H2,1-5H3/b15-9+,16-12?. The number of nitrogens with zero attached hydrogens (tertiary/aromatic N) is 1. The minimum absolute atomic E-state index is 0.00652. The van der Waals surface area contributed by atoms with E-state index in [1.165, 1.54) is 0 Å². The van der Waals surface area contributed by atoms with Crippen LogP contribution in [0.5, 0.6) is 0 Å². The van der Waals surface area contributed by atoms with Gasteiger partial charge in [-0.05, 0) is 50.2 Å². The van der Waals surface area contributed by atoms with Crippen molar-refractivity contribution in [1.29, 1.82) is 5.41 Å². The fourth-order valence-electron chi connectivity index (χ4n) is 1.63. The van der Waals surface area contributed by atoms with Crippen molar-refractivity contribution in [2.75, 3.05) is 31.6 Å². The van der Waals surface area contributed by atoms with E-state index in [9.17, 15) is 4.79 Å². The summed E-state index contributed by atoms with van der Waals surface area (Å²) in [5.74, 6) is 0.00652. The monoisotopic (exact) mass is 295 g/mol. The molecule has 0 aromatic carbocycles. The van der Waals surface area contributed by atoms with Crippen molar-refractivity contribution in [3.8, 4) is 0 Å². The van der Waals surface area contributed by atoms with E-state index in [1.54, 1.807) is 31.5 Å². The summed E-state index contributed by atoms with van der Waals surface area (Å²) in [6.07, 6.45) is 13.8. The zero-order valence-corrected chi connectivity index (χ0v) is 13.8. The van der Waals surface area contributed by atoms with Crippen LogP contribution in [-0.2, 0) is 0 Å². The number of hydrogen-bond acceptors (Lipinski definition) is 4. The number of thiol groups is 1. The van der Waals surface area contributed by atoms with Gasteiger partial charge >= 0.3 is 0 Å². The number of carbonyl (C=O) groups is 1. The summed E-state index contributed by atoms with van der Waals surface area (Å²) in [5.41, 5.74) is 1.09. The smallest absolute Gasteiger partial charge is 0.183 e. The number of pyridine rings is 1. The molecule has 0 saturated carbocycles. The van der Waals surface area contributed by atoms with Crippen LogP contribution in [0.3, 0.4) is 0 Å². The van der Waals surface area contributed by atoms with Crippen LogP contribution in [0.15, 0.2) is 35.6 Å². The van der Waals surface area contributed by atoms with Crippen LogP contribution in [0.2, 0.25) is 0 Å². The number of allylic oxidation sites excluding steroid dienone is 1. The van der Waals surface area contributed by atoms with Gasteiger partial charge in [0.05, 0.1) is 6.54 Å². The molecular weight excluding hydrogens is 270 g/mol. The molecule has 0 bridgehead atoms. The molecule has 20 heavy (non-hydrogen) atoms. The molecule has 0 unspecified atom stereocenters. The second kappa shape index (κ2) is 5.79. The van der Waals surface area contributed by atoms with Crippen molar-refractivity contribution in [2.45, 2.75) is 6.92 Å². The lowest BCUT2D eigenvalue weighted by Crippen LogP contribution is -2.30. The van der Waals surface area contributed by atoms with Gasteiger partial charge in [0.25, 0.3) is 0 Å². The Kier molecular flexibility index (Phi) is 4.76. The third-order valence-electron chi connectivity index (χ3n) is 2.73. The lowest BCUT2D eigenvalue weighted by atomic mass is 10.2. The van der Waals surface area contributed by atoms with E-state index in [2.05, 4.69) is 35.3 Å². The van der Waals surface area contributed by atoms with E-state index in [0.717, 1.165) is 5.03 Å². The normalized spacial score (nSPS) is 14.2. The number of hydrogen-bond donors (Lipinski definition) is 3. The molecule has 0 aliphatic carbocycles. The van der Waals surface area contributed by atoms with Gasteiger partial charge in [0.2, 0.25) is 0 Å². The minimum atomic E-state index is -2.05. The molecule has 0 saturated heterocycles. The highest BCUT2D eigenvalue weighted by Crippen LogP contribution is 2.61. The zero-order valence-electron chi connectivity index (χ0n) is 12.9. The number of aromatic nitrogens is 1. The molecule has 0 aliphatic rings. The van der Waals surface area contributed by atoms with Gasteiger partial charge in [0, 0.05) is 28.7 Å². The molecule has 1 heterocycles. The SMILES string of the molecule is CC(=N)/C=C(\NCC(=O)c1cccnc1)[SH](C)(C)(C)C. The molecular formula is C15H25N3OS. The average Bonchev–Trinajstić information content (AvgIpc) is 2.32. The Bertz CT molecular complexity index is 532. The molecule has 0 aliphatic heterocycles. The van der Waals surface area contributed by atoms with Crippen LogP contribution >= 0.6 is 9.16 Å². The molecule has 0 atom stereocenters. The molecule has 4 nitrogen and oxygen atoms in total. The predicted molar refractivity (Wildman–Crippen MR) is 90.7 cm³/mol. The first-order chi connectivity index (χ1) is 9.06. The van der Waals surface area contributed by atoms with Crippen molar-refractivity contribution < 1.29 is 4.79 Å². The van der Waals surface area contributed by atoms with E-state index < -0.39 is 9.16 Å². The second-order valence-corrected chi connectivity index (χ2v) is 14.4. The largest absolute Gasteiger partial charge is 0.375 e. The topological polar surface area (TPSA) is 65.8 Å². The molecule has 0 fully saturated rings. The van der Waals surface area contributed by atoms with E-state index in [0.29, 0.717) is 11.3 Å². The van der Waals surface area contributed by atoms with Crippen molar-refractivity contribution in [3.05, 3.63) is 41.2 Å². The van der Waals surface area contributed by atoms with E-state index in [4.69, 9.17) is 5.41 Å². The lowest BCUT2D eigenvalue weighted by molar-refractivity contribution is 0.0994. The molecule has 1 rings (SSSR count). The summed E-state index contributed by atoms with van der Waals surface area (Å²) in [6, 6.07) is 3.52. The fraction of sp³-hybridized carbons (Fsp3) is 0.400. The number of rotatable bonds is 6. The second-order valence-electron chi connectivity index (χ2n) is 6.81. The zero-order chi connectivity index (χ0) is 15.4. The Morgan fingerprint density at radius 1 is 1.40 bits per heavy atom. The van der Waals surface area contributed by atoms with Gasteiger partial charge in [-0.3, -0.25) is 18.9 Å². The molecule has 2 N–H and O–H groups in total. The summed E-state index contributed by atoms with van der Waals surface area (Å²) >= 11 is 0. The maximum atomic E-state index is 12.1. The summed E-state index contributed by atoms with van der Waals surface area (Å²) in [6.45, 7) is 1.97. The van der Waals surface area contributed by atoms with E-state index >= 15 is 0 Å². The molecule has 5 heteroatoms. The Morgan fingerprint density at radius 3 is 2.50 bits per heavy atom. The molecule has 1 aromatic heterocycles. The molecule has 1 aromatic rings. The maximum absolute atomic E-state index is 12.1. The Morgan fingerprint density at radius 2 is 2.05 bits per heavy atom. The molecule has 112 valence electrons. The Labute approximate surface area is 121 Å². The van der Waals surface area contributed by atoms with E-state index in [-0.39, 0.29) is 12.3 Å². The third-order valence-corrected chi connectivity index (χ3v) is 4.94. The van der Waals surface area contributed by atoms with Gasteiger partial charge in [-0.25, -0.2) is 0 Å².